The first-order chi connectivity index (χ1) is 19.1. The van der Waals surface area contributed by atoms with Crippen molar-refractivity contribution < 1.29 is 19.2 Å². The van der Waals surface area contributed by atoms with Crippen molar-refractivity contribution in [1.82, 2.24) is 20.2 Å². The number of halogens is 4. The van der Waals surface area contributed by atoms with E-state index in [1.807, 2.05) is 0 Å². The molecule has 1 aliphatic carbocycles. The number of carbonyl (C=O) groups excluding carboxylic acids is 4. The number of rotatable bonds is 6. The molecule has 0 unspecified atom stereocenters. The second-order valence-electron chi connectivity index (χ2n) is 12.7. The minimum atomic E-state index is -0.818. The summed E-state index contributed by atoms with van der Waals surface area (Å²) >= 11 is 13.9. The van der Waals surface area contributed by atoms with Gasteiger partial charge >= 0.3 is 11.8 Å². The van der Waals surface area contributed by atoms with Crippen molar-refractivity contribution in [2.45, 2.75) is 116 Å². The number of nitrogens with zero attached hydrogens (tertiary/aromatic N) is 3. The van der Waals surface area contributed by atoms with E-state index >= 15 is 0 Å². The summed E-state index contributed by atoms with van der Waals surface area (Å²) in [6.45, 7) is 11.0. The Kier molecular flexibility index (Phi) is 10.2. The van der Waals surface area contributed by atoms with Gasteiger partial charge in [0.1, 0.15) is 0 Å². The maximum Gasteiger partial charge on any atom is 0.331 e. The number of carbonyl (C=O) groups is 4. The summed E-state index contributed by atoms with van der Waals surface area (Å²) in [6, 6.07) is -0.587. The van der Waals surface area contributed by atoms with Gasteiger partial charge in [0.2, 0.25) is 0 Å². The first-order valence-corrected chi connectivity index (χ1v) is 17.5. The minimum Gasteiger partial charge on any atom is -0.331 e. The molecule has 41 heavy (non-hydrogen) atoms. The number of hydrogen-bond acceptors (Lipinski definition) is 5. The summed E-state index contributed by atoms with van der Waals surface area (Å²) in [5.74, 6) is -2.72. The van der Waals surface area contributed by atoms with E-state index in [0.29, 0.717) is 50.1 Å². The van der Waals surface area contributed by atoms with Crippen LogP contribution < -0.4 is 5.32 Å². The quantitative estimate of drug-likeness (QED) is 0.140. The van der Waals surface area contributed by atoms with Crippen molar-refractivity contribution in [1.29, 1.82) is 0 Å². The molecule has 1 aromatic carbocycles. The van der Waals surface area contributed by atoms with Gasteiger partial charge in [-0.2, -0.15) is 5.01 Å². The van der Waals surface area contributed by atoms with Gasteiger partial charge in [-0.1, -0.05) is 32.6 Å². The average Bonchev–Trinajstić information content (AvgIpc) is 3.15. The fourth-order valence-corrected chi connectivity index (χ4v) is 9.22. The predicted molar refractivity (Wildman–Crippen MR) is 172 cm³/mol. The third-order valence-electron chi connectivity index (χ3n) is 8.23. The number of hydrazine groups is 1. The van der Waals surface area contributed by atoms with Crippen LogP contribution in [-0.2, 0) is 9.59 Å². The fraction of sp³-hybridized carbons (Fsp3) is 0.655. The van der Waals surface area contributed by atoms with Crippen molar-refractivity contribution in [3.05, 3.63) is 29.0 Å². The Morgan fingerprint density at radius 1 is 0.805 bits per heavy atom. The van der Waals surface area contributed by atoms with Crippen molar-refractivity contribution in [2.24, 2.45) is 0 Å². The van der Waals surface area contributed by atoms with E-state index in [4.69, 9.17) is 0 Å². The summed E-state index contributed by atoms with van der Waals surface area (Å²) in [5, 5.41) is 5.77. The number of amides is 4. The Morgan fingerprint density at radius 2 is 1.29 bits per heavy atom. The van der Waals surface area contributed by atoms with Crippen LogP contribution in [0.4, 0.5) is 0 Å². The van der Waals surface area contributed by atoms with Crippen LogP contribution in [0.5, 0.6) is 0 Å². The van der Waals surface area contributed by atoms with E-state index in [2.05, 4.69) is 104 Å². The van der Waals surface area contributed by atoms with Crippen LogP contribution in [0.3, 0.4) is 0 Å². The minimum absolute atomic E-state index is 0.155. The Hall–Kier alpha value is -0.820. The molecule has 12 heteroatoms. The smallest absolute Gasteiger partial charge is 0.331 e. The summed E-state index contributed by atoms with van der Waals surface area (Å²) < 4.78 is 1.96. The van der Waals surface area contributed by atoms with Crippen LogP contribution in [0.2, 0.25) is 0 Å². The zero-order valence-electron chi connectivity index (χ0n) is 24.2. The van der Waals surface area contributed by atoms with Crippen molar-refractivity contribution in [3.63, 3.8) is 0 Å². The van der Waals surface area contributed by atoms with Crippen molar-refractivity contribution in [2.75, 3.05) is 6.54 Å². The molecule has 0 atom stereocenters. The summed E-state index contributed by atoms with van der Waals surface area (Å²) in [7, 11) is 0. The summed E-state index contributed by atoms with van der Waals surface area (Å²) in [5.41, 5.74) is -0.152. The SMILES string of the molecule is CCCCN(C(=O)C(=O)N(C1CCCCC1)N1C(=O)c2c(Br)c(Br)c(Br)c(Br)c2C1=O)C1CC(C)(C)NC(C)(C)C1. The highest BCUT2D eigenvalue weighted by Gasteiger charge is 2.50. The lowest BCUT2D eigenvalue weighted by atomic mass is 9.79. The molecule has 0 bridgehead atoms. The van der Waals surface area contributed by atoms with E-state index in [1.165, 1.54) is 5.01 Å². The molecule has 0 radical (unpaired) electrons. The molecular formula is C29H38Br4N4O4. The third-order valence-corrected chi connectivity index (χ3v) is 13.0. The van der Waals surface area contributed by atoms with Gasteiger partial charge in [0.25, 0.3) is 11.8 Å². The van der Waals surface area contributed by atoms with E-state index < -0.39 is 29.7 Å². The maximum absolute atomic E-state index is 14.4. The topological polar surface area (TPSA) is 90.0 Å². The van der Waals surface area contributed by atoms with Gasteiger partial charge in [-0.15, -0.1) is 0 Å². The molecule has 0 aromatic heterocycles. The number of fused-ring (bicyclic) bond motifs is 1. The number of nitrogens with one attached hydrogen (secondary N) is 1. The van der Waals surface area contributed by atoms with Gasteiger partial charge in [-0.05, 0) is 124 Å². The van der Waals surface area contributed by atoms with Crippen LogP contribution in [0, 0.1) is 0 Å². The van der Waals surface area contributed by atoms with Crippen LogP contribution in [0.1, 0.15) is 113 Å². The molecule has 1 saturated carbocycles. The number of imide groups is 1. The maximum atomic E-state index is 14.4. The third kappa shape index (κ3) is 6.51. The zero-order chi connectivity index (χ0) is 30.4. The molecule has 2 heterocycles. The lowest BCUT2D eigenvalue weighted by Crippen LogP contribution is -2.65. The predicted octanol–water partition coefficient (Wildman–Crippen LogP) is 7.35. The number of piperidine rings is 1. The largest absolute Gasteiger partial charge is 0.331 e. The molecule has 1 N–H and O–H groups in total. The molecule has 1 aromatic rings. The highest BCUT2D eigenvalue weighted by Crippen LogP contribution is 2.46. The summed E-state index contributed by atoms with van der Waals surface area (Å²) in [6.07, 6.45) is 6.95. The lowest BCUT2D eigenvalue weighted by molar-refractivity contribution is -0.164. The Balaban J connectivity index is 1.76. The molecular weight excluding hydrogens is 788 g/mol. The van der Waals surface area contributed by atoms with Gasteiger partial charge in [-0.3, -0.25) is 19.2 Å². The van der Waals surface area contributed by atoms with Gasteiger partial charge in [0.05, 0.1) is 17.2 Å². The number of hydrogen-bond donors (Lipinski definition) is 1. The highest BCUT2D eigenvalue weighted by molar-refractivity contribution is 9.15. The van der Waals surface area contributed by atoms with E-state index in [0.717, 1.165) is 37.1 Å². The molecule has 2 fully saturated rings. The van der Waals surface area contributed by atoms with Gasteiger partial charge in [0.15, 0.2) is 0 Å². The Morgan fingerprint density at radius 3 is 1.76 bits per heavy atom. The monoisotopic (exact) mass is 822 g/mol. The van der Waals surface area contributed by atoms with E-state index in [-0.39, 0.29) is 28.2 Å². The Bertz CT molecular complexity index is 1200. The standard InChI is InChI=1S/C29H38Br4N4O4/c1-6-7-13-35(17-14-28(2,3)34-29(4,5)15-17)26(40)27(41)36(16-11-9-8-10-12-16)37-24(38)18-19(25(37)39)21(31)23(33)22(32)20(18)30/h16-17,34H,6-15H2,1-5H3. The van der Waals surface area contributed by atoms with E-state index in [1.54, 1.807) is 4.90 Å². The van der Waals surface area contributed by atoms with Crippen LogP contribution >= 0.6 is 63.7 Å². The molecule has 226 valence electrons. The zero-order valence-corrected chi connectivity index (χ0v) is 30.6. The lowest BCUT2D eigenvalue weighted by Gasteiger charge is -2.50. The average molecular weight is 826 g/mol. The summed E-state index contributed by atoms with van der Waals surface area (Å²) in [4.78, 5) is 58.3. The second-order valence-corrected chi connectivity index (χ2v) is 15.8. The molecule has 4 amide bonds. The molecule has 8 nitrogen and oxygen atoms in total. The van der Waals surface area contributed by atoms with Crippen molar-refractivity contribution in [3.8, 4) is 0 Å². The number of benzene rings is 1. The van der Waals surface area contributed by atoms with Gasteiger partial charge < -0.3 is 10.2 Å². The molecule has 0 spiro atoms. The molecule has 3 aliphatic rings. The Labute approximate surface area is 276 Å². The van der Waals surface area contributed by atoms with Crippen molar-refractivity contribution >= 4 is 87.3 Å². The highest BCUT2D eigenvalue weighted by atomic mass is 79.9. The normalized spacial score (nSPS) is 20.8. The molecule has 1 saturated heterocycles. The van der Waals surface area contributed by atoms with Crippen LogP contribution in [0.25, 0.3) is 0 Å². The van der Waals surface area contributed by atoms with Crippen LogP contribution in [0.15, 0.2) is 17.9 Å². The molecule has 4 rings (SSSR count). The molecule has 2 aliphatic heterocycles. The number of unbranched alkanes of at least 4 members (excludes halogenated alkanes) is 1. The van der Waals surface area contributed by atoms with E-state index in [9.17, 15) is 19.2 Å². The second kappa shape index (κ2) is 12.7. The van der Waals surface area contributed by atoms with Gasteiger partial charge in [0, 0.05) is 41.6 Å². The van der Waals surface area contributed by atoms with Gasteiger partial charge in [-0.25, -0.2) is 5.01 Å². The van der Waals surface area contributed by atoms with Crippen LogP contribution in [-0.4, -0.2) is 68.3 Å². The first kappa shape index (κ1) is 33.1. The fourth-order valence-electron chi connectivity index (χ4n) is 6.77. The first-order valence-electron chi connectivity index (χ1n) is 14.3.